The Bertz CT molecular complexity index is 360. The Morgan fingerprint density at radius 3 is 2.41 bits per heavy atom. The molecule has 0 aromatic heterocycles. The van der Waals surface area contributed by atoms with Crippen molar-refractivity contribution in [1.82, 2.24) is 5.32 Å². The van der Waals surface area contributed by atoms with E-state index in [0.717, 1.165) is 6.42 Å². The lowest BCUT2D eigenvalue weighted by molar-refractivity contribution is 0.0934. The van der Waals surface area contributed by atoms with Gasteiger partial charge in [0.2, 0.25) is 0 Å². The van der Waals surface area contributed by atoms with Gasteiger partial charge in [0, 0.05) is 18.2 Å². The highest BCUT2D eigenvalue weighted by Crippen LogP contribution is 2.10. The maximum Gasteiger partial charge on any atom is 0.251 e. The smallest absolute Gasteiger partial charge is 0.251 e. The zero-order valence-electron chi connectivity index (χ0n) is 10.3. The molecule has 1 aromatic carbocycles. The Hall–Kier alpha value is -1.55. The van der Waals surface area contributed by atoms with E-state index in [4.69, 9.17) is 10.8 Å². The van der Waals surface area contributed by atoms with E-state index in [-0.39, 0.29) is 17.7 Å². The number of nitrogens with one attached hydrogen (secondary N) is 1. The molecule has 0 aliphatic rings. The topological polar surface area (TPSA) is 75.3 Å². The van der Waals surface area contributed by atoms with Gasteiger partial charge in [0.1, 0.15) is 5.75 Å². The van der Waals surface area contributed by atoms with Crippen LogP contribution in [0.15, 0.2) is 24.3 Å². The van der Waals surface area contributed by atoms with E-state index in [1.165, 1.54) is 12.1 Å². The Balaban J connectivity index is 2.61. The lowest BCUT2D eigenvalue weighted by Gasteiger charge is -2.18. The summed E-state index contributed by atoms with van der Waals surface area (Å²) in [6, 6.07) is 6.17. The van der Waals surface area contributed by atoms with Crippen LogP contribution in [0.4, 0.5) is 0 Å². The maximum atomic E-state index is 11.9. The number of aromatic hydroxyl groups is 1. The highest BCUT2D eigenvalue weighted by Gasteiger charge is 2.13. The monoisotopic (exact) mass is 236 g/mol. The van der Waals surface area contributed by atoms with E-state index in [9.17, 15) is 4.79 Å². The molecule has 1 amide bonds. The molecule has 0 aliphatic heterocycles. The van der Waals surface area contributed by atoms with Crippen LogP contribution in [0.25, 0.3) is 0 Å². The first kappa shape index (κ1) is 13.5. The Kier molecular flexibility index (Phi) is 4.97. The number of rotatable bonds is 5. The summed E-state index contributed by atoms with van der Waals surface area (Å²) in [5.41, 5.74) is 6.15. The zero-order chi connectivity index (χ0) is 12.8. The van der Waals surface area contributed by atoms with Crippen molar-refractivity contribution >= 4 is 5.91 Å². The minimum absolute atomic E-state index is 0.00342. The third-order valence-electron chi connectivity index (χ3n) is 2.51. The van der Waals surface area contributed by atoms with Crippen molar-refractivity contribution in [3.05, 3.63) is 29.8 Å². The lowest BCUT2D eigenvalue weighted by Crippen LogP contribution is -2.41. The van der Waals surface area contributed by atoms with Crippen molar-refractivity contribution in [3.8, 4) is 5.75 Å². The predicted octanol–water partition coefficient (Wildman–Crippen LogP) is 1.50. The molecule has 1 rings (SSSR count). The first-order chi connectivity index (χ1) is 8.02. The predicted molar refractivity (Wildman–Crippen MR) is 67.9 cm³/mol. The number of phenols is 1. The fraction of sp³-hybridized carbons (Fsp3) is 0.462. The van der Waals surface area contributed by atoms with Crippen molar-refractivity contribution in [2.45, 2.75) is 26.3 Å². The van der Waals surface area contributed by atoms with Gasteiger partial charge in [0.05, 0.1) is 0 Å². The summed E-state index contributed by atoms with van der Waals surface area (Å²) in [6.07, 6.45) is 0.861. The average Bonchev–Trinajstić information content (AvgIpc) is 2.28. The summed E-state index contributed by atoms with van der Waals surface area (Å²) in [5, 5.41) is 12.0. The quantitative estimate of drug-likeness (QED) is 0.725. The number of carbonyl (C=O) groups excluding carboxylic acids is 1. The van der Waals surface area contributed by atoms with E-state index in [1.54, 1.807) is 12.1 Å². The van der Waals surface area contributed by atoms with Gasteiger partial charge in [-0.25, -0.2) is 0 Å². The number of amides is 1. The van der Waals surface area contributed by atoms with Gasteiger partial charge < -0.3 is 16.2 Å². The molecule has 0 radical (unpaired) electrons. The van der Waals surface area contributed by atoms with E-state index in [2.05, 4.69) is 19.2 Å². The van der Waals surface area contributed by atoms with Gasteiger partial charge in [0.25, 0.3) is 5.91 Å². The van der Waals surface area contributed by atoms with Crippen molar-refractivity contribution in [3.63, 3.8) is 0 Å². The van der Waals surface area contributed by atoms with Crippen LogP contribution in [0.1, 0.15) is 30.6 Å². The van der Waals surface area contributed by atoms with Gasteiger partial charge in [-0.05, 0) is 36.6 Å². The van der Waals surface area contributed by atoms with E-state index >= 15 is 0 Å². The molecule has 17 heavy (non-hydrogen) atoms. The summed E-state index contributed by atoms with van der Waals surface area (Å²) in [4.78, 5) is 11.9. The van der Waals surface area contributed by atoms with E-state index in [0.29, 0.717) is 18.0 Å². The van der Waals surface area contributed by atoms with Crippen LogP contribution < -0.4 is 11.1 Å². The van der Waals surface area contributed by atoms with Crippen LogP contribution in [0.5, 0.6) is 5.75 Å². The van der Waals surface area contributed by atoms with Crippen molar-refractivity contribution < 1.29 is 9.90 Å². The molecule has 0 heterocycles. The minimum atomic E-state index is -0.152. The highest BCUT2D eigenvalue weighted by atomic mass is 16.3. The number of benzene rings is 1. The standard InChI is InChI=1S/C13H20N2O2/c1-9(2)7-11(8-14)15-13(17)10-3-5-12(16)6-4-10/h3-6,9,11,16H,7-8,14H2,1-2H3,(H,15,17). The molecule has 4 N–H and O–H groups in total. The van der Waals surface area contributed by atoms with Crippen molar-refractivity contribution in [2.24, 2.45) is 11.7 Å². The molecular formula is C13H20N2O2. The van der Waals surface area contributed by atoms with Gasteiger partial charge >= 0.3 is 0 Å². The Morgan fingerprint density at radius 1 is 1.35 bits per heavy atom. The van der Waals surface area contributed by atoms with Crippen LogP contribution in [-0.4, -0.2) is 23.6 Å². The molecule has 0 saturated heterocycles. The first-order valence-electron chi connectivity index (χ1n) is 5.83. The number of hydrogen-bond donors (Lipinski definition) is 3. The second kappa shape index (κ2) is 6.25. The fourth-order valence-electron chi connectivity index (χ4n) is 1.66. The molecule has 94 valence electrons. The molecule has 4 heteroatoms. The van der Waals surface area contributed by atoms with Gasteiger partial charge in [-0.3, -0.25) is 4.79 Å². The lowest BCUT2D eigenvalue weighted by atomic mass is 10.0. The molecule has 1 aromatic rings. The van der Waals surface area contributed by atoms with Gasteiger partial charge in [-0.15, -0.1) is 0 Å². The number of nitrogens with two attached hydrogens (primary N) is 1. The largest absolute Gasteiger partial charge is 0.508 e. The fourth-order valence-corrected chi connectivity index (χ4v) is 1.66. The molecule has 0 aliphatic carbocycles. The summed E-state index contributed by atoms with van der Waals surface area (Å²) in [6.45, 7) is 4.62. The maximum absolute atomic E-state index is 11.9. The SMILES string of the molecule is CC(C)CC(CN)NC(=O)c1ccc(O)cc1. The molecule has 1 unspecified atom stereocenters. The third-order valence-corrected chi connectivity index (χ3v) is 2.51. The summed E-state index contributed by atoms with van der Waals surface area (Å²) in [5.74, 6) is 0.490. The van der Waals surface area contributed by atoms with E-state index in [1.807, 2.05) is 0 Å². The van der Waals surface area contributed by atoms with Gasteiger partial charge in [0.15, 0.2) is 0 Å². The van der Waals surface area contributed by atoms with Crippen molar-refractivity contribution in [1.29, 1.82) is 0 Å². The zero-order valence-corrected chi connectivity index (χ0v) is 10.3. The van der Waals surface area contributed by atoms with E-state index < -0.39 is 0 Å². The van der Waals surface area contributed by atoms with Crippen molar-refractivity contribution in [2.75, 3.05) is 6.54 Å². The average molecular weight is 236 g/mol. The molecular weight excluding hydrogens is 216 g/mol. The molecule has 0 bridgehead atoms. The van der Waals surface area contributed by atoms with Crippen LogP contribution in [-0.2, 0) is 0 Å². The second-order valence-corrected chi connectivity index (χ2v) is 4.58. The highest BCUT2D eigenvalue weighted by molar-refractivity contribution is 5.94. The van der Waals surface area contributed by atoms with Crippen LogP contribution in [0, 0.1) is 5.92 Å². The summed E-state index contributed by atoms with van der Waals surface area (Å²) in [7, 11) is 0. The Morgan fingerprint density at radius 2 is 1.94 bits per heavy atom. The van der Waals surface area contributed by atoms with Crippen LogP contribution in [0.2, 0.25) is 0 Å². The van der Waals surface area contributed by atoms with Gasteiger partial charge in [-0.1, -0.05) is 13.8 Å². The van der Waals surface area contributed by atoms with Crippen LogP contribution in [0.3, 0.4) is 0 Å². The molecule has 1 atom stereocenters. The number of phenolic OH excluding ortho intramolecular Hbond substituents is 1. The number of carbonyl (C=O) groups is 1. The minimum Gasteiger partial charge on any atom is -0.508 e. The molecule has 0 fully saturated rings. The normalized spacial score (nSPS) is 12.5. The molecule has 4 nitrogen and oxygen atoms in total. The van der Waals surface area contributed by atoms with Crippen LogP contribution >= 0.6 is 0 Å². The Labute approximate surface area is 102 Å². The molecule has 0 saturated carbocycles. The third kappa shape index (κ3) is 4.44. The second-order valence-electron chi connectivity index (χ2n) is 4.58. The first-order valence-corrected chi connectivity index (χ1v) is 5.83. The molecule has 0 spiro atoms. The summed E-state index contributed by atoms with van der Waals surface area (Å²) < 4.78 is 0. The summed E-state index contributed by atoms with van der Waals surface area (Å²) >= 11 is 0. The van der Waals surface area contributed by atoms with Gasteiger partial charge in [-0.2, -0.15) is 0 Å². The number of hydrogen-bond acceptors (Lipinski definition) is 3.